The zero-order chi connectivity index (χ0) is 12.3. The molecule has 2 rings (SSSR count). The van der Waals surface area contributed by atoms with Crippen LogP contribution in [0.3, 0.4) is 0 Å². The van der Waals surface area contributed by atoms with E-state index in [2.05, 4.69) is 0 Å². The highest BCUT2D eigenvalue weighted by Gasteiger charge is 2.06. The molecule has 0 radical (unpaired) electrons. The summed E-state index contributed by atoms with van der Waals surface area (Å²) >= 11 is 6.19. The van der Waals surface area contributed by atoms with Gasteiger partial charge in [0.25, 0.3) is 0 Å². The highest BCUT2D eigenvalue weighted by Crippen LogP contribution is 2.32. The van der Waals surface area contributed by atoms with E-state index in [0.29, 0.717) is 5.02 Å². The van der Waals surface area contributed by atoms with E-state index < -0.39 is 0 Å². The highest BCUT2D eigenvalue weighted by atomic mass is 35.5. The monoisotopic (exact) mass is 248 g/mol. The van der Waals surface area contributed by atoms with Gasteiger partial charge in [0.15, 0.2) is 0 Å². The summed E-state index contributed by atoms with van der Waals surface area (Å²) in [5.41, 5.74) is 1.94. The molecule has 0 atom stereocenters. The molecular formula is C14H13ClO2. The van der Waals surface area contributed by atoms with Gasteiger partial charge in [0.1, 0.15) is 11.5 Å². The van der Waals surface area contributed by atoms with E-state index in [9.17, 15) is 0 Å². The molecule has 0 aliphatic rings. The van der Waals surface area contributed by atoms with Crippen LogP contribution < -0.4 is 9.47 Å². The predicted octanol–water partition coefficient (Wildman–Crippen LogP) is 4.02. The summed E-state index contributed by atoms with van der Waals surface area (Å²) in [6.07, 6.45) is 0. The summed E-state index contributed by atoms with van der Waals surface area (Å²) in [4.78, 5) is 0. The van der Waals surface area contributed by atoms with Crippen LogP contribution in [0.2, 0.25) is 5.02 Å². The van der Waals surface area contributed by atoms with Crippen molar-refractivity contribution in [1.29, 1.82) is 0 Å². The highest BCUT2D eigenvalue weighted by molar-refractivity contribution is 6.33. The molecule has 3 heteroatoms. The molecule has 2 aromatic rings. The SMILES string of the molecule is COc1cccc(-c2cc(OC)ccc2Cl)c1. The molecule has 0 saturated heterocycles. The Morgan fingerprint density at radius 1 is 0.882 bits per heavy atom. The molecule has 0 aliphatic heterocycles. The molecule has 0 N–H and O–H groups in total. The maximum absolute atomic E-state index is 6.19. The van der Waals surface area contributed by atoms with E-state index in [1.165, 1.54) is 0 Å². The first-order valence-electron chi connectivity index (χ1n) is 5.22. The van der Waals surface area contributed by atoms with Crippen molar-refractivity contribution in [3.8, 4) is 22.6 Å². The molecule has 88 valence electrons. The summed E-state index contributed by atoms with van der Waals surface area (Å²) in [5.74, 6) is 1.59. The molecule has 0 aromatic heterocycles. The van der Waals surface area contributed by atoms with E-state index >= 15 is 0 Å². The van der Waals surface area contributed by atoms with Crippen molar-refractivity contribution in [1.82, 2.24) is 0 Å². The normalized spacial score (nSPS) is 10.1. The van der Waals surface area contributed by atoms with Gasteiger partial charge in [-0.25, -0.2) is 0 Å². The first-order chi connectivity index (χ1) is 8.24. The third-order valence-corrected chi connectivity index (χ3v) is 2.88. The van der Waals surface area contributed by atoms with Crippen LogP contribution in [0.15, 0.2) is 42.5 Å². The van der Waals surface area contributed by atoms with Gasteiger partial charge in [-0.15, -0.1) is 0 Å². The minimum absolute atomic E-state index is 0.694. The van der Waals surface area contributed by atoms with Gasteiger partial charge in [0.2, 0.25) is 0 Å². The topological polar surface area (TPSA) is 18.5 Å². The van der Waals surface area contributed by atoms with Crippen LogP contribution >= 0.6 is 11.6 Å². The number of hydrogen-bond donors (Lipinski definition) is 0. The Balaban J connectivity index is 2.50. The zero-order valence-electron chi connectivity index (χ0n) is 9.74. The maximum Gasteiger partial charge on any atom is 0.119 e. The maximum atomic E-state index is 6.19. The Hall–Kier alpha value is -1.67. The second-order valence-corrected chi connectivity index (χ2v) is 3.98. The van der Waals surface area contributed by atoms with Gasteiger partial charge in [0, 0.05) is 10.6 Å². The lowest BCUT2D eigenvalue weighted by Crippen LogP contribution is -1.87. The van der Waals surface area contributed by atoms with Gasteiger partial charge in [-0.3, -0.25) is 0 Å². The summed E-state index contributed by atoms with van der Waals surface area (Å²) in [6.45, 7) is 0. The van der Waals surface area contributed by atoms with Crippen molar-refractivity contribution < 1.29 is 9.47 Å². The van der Waals surface area contributed by atoms with Crippen LogP contribution in [0.5, 0.6) is 11.5 Å². The van der Waals surface area contributed by atoms with Crippen molar-refractivity contribution >= 4 is 11.6 Å². The summed E-state index contributed by atoms with van der Waals surface area (Å²) < 4.78 is 10.4. The van der Waals surface area contributed by atoms with Crippen LogP contribution in [0.4, 0.5) is 0 Å². The number of benzene rings is 2. The summed E-state index contributed by atoms with van der Waals surface area (Å²) in [6, 6.07) is 13.4. The molecule has 0 spiro atoms. The van der Waals surface area contributed by atoms with Gasteiger partial charge in [0.05, 0.1) is 14.2 Å². The first-order valence-corrected chi connectivity index (χ1v) is 5.60. The Kier molecular flexibility index (Phi) is 3.55. The number of hydrogen-bond acceptors (Lipinski definition) is 2. The van der Waals surface area contributed by atoms with Crippen molar-refractivity contribution in [2.75, 3.05) is 14.2 Å². The average molecular weight is 249 g/mol. The smallest absolute Gasteiger partial charge is 0.119 e. The lowest BCUT2D eigenvalue weighted by Gasteiger charge is -2.08. The number of halogens is 1. The summed E-state index contributed by atoms with van der Waals surface area (Å²) in [7, 11) is 3.28. The average Bonchev–Trinajstić information content (AvgIpc) is 2.39. The molecule has 0 aliphatic carbocycles. The second-order valence-electron chi connectivity index (χ2n) is 3.58. The molecular weight excluding hydrogens is 236 g/mol. The van der Waals surface area contributed by atoms with Crippen LogP contribution in [0, 0.1) is 0 Å². The number of methoxy groups -OCH3 is 2. The van der Waals surface area contributed by atoms with Crippen molar-refractivity contribution in [2.24, 2.45) is 0 Å². The van der Waals surface area contributed by atoms with Crippen LogP contribution in [-0.2, 0) is 0 Å². The van der Waals surface area contributed by atoms with Crippen LogP contribution in [0.1, 0.15) is 0 Å². The molecule has 0 saturated carbocycles. The van der Waals surface area contributed by atoms with Crippen LogP contribution in [-0.4, -0.2) is 14.2 Å². The quantitative estimate of drug-likeness (QED) is 0.817. The fourth-order valence-corrected chi connectivity index (χ4v) is 1.87. The largest absolute Gasteiger partial charge is 0.497 e. The fourth-order valence-electron chi connectivity index (χ4n) is 1.64. The van der Waals surface area contributed by atoms with Crippen molar-refractivity contribution in [2.45, 2.75) is 0 Å². The Bertz CT molecular complexity index is 523. The Labute approximate surface area is 106 Å². The van der Waals surface area contributed by atoms with Crippen molar-refractivity contribution in [3.05, 3.63) is 47.5 Å². The molecule has 0 unspecified atom stereocenters. The van der Waals surface area contributed by atoms with Gasteiger partial charge in [-0.05, 0) is 35.9 Å². The van der Waals surface area contributed by atoms with E-state index in [4.69, 9.17) is 21.1 Å². The number of ether oxygens (including phenoxy) is 2. The second kappa shape index (κ2) is 5.11. The first kappa shape index (κ1) is 11.8. The molecule has 2 nitrogen and oxygen atoms in total. The van der Waals surface area contributed by atoms with Gasteiger partial charge in [-0.1, -0.05) is 23.7 Å². The Morgan fingerprint density at radius 2 is 1.59 bits per heavy atom. The third kappa shape index (κ3) is 2.53. The predicted molar refractivity (Wildman–Crippen MR) is 70.0 cm³/mol. The van der Waals surface area contributed by atoms with Gasteiger partial charge in [-0.2, -0.15) is 0 Å². The lowest BCUT2D eigenvalue weighted by molar-refractivity contribution is 0.414. The van der Waals surface area contributed by atoms with Crippen molar-refractivity contribution in [3.63, 3.8) is 0 Å². The van der Waals surface area contributed by atoms with Crippen LogP contribution in [0.25, 0.3) is 11.1 Å². The lowest BCUT2D eigenvalue weighted by atomic mass is 10.1. The molecule has 2 aromatic carbocycles. The van der Waals surface area contributed by atoms with Gasteiger partial charge < -0.3 is 9.47 Å². The van der Waals surface area contributed by atoms with E-state index in [0.717, 1.165) is 22.6 Å². The van der Waals surface area contributed by atoms with E-state index in [1.54, 1.807) is 14.2 Å². The number of rotatable bonds is 3. The Morgan fingerprint density at radius 3 is 2.29 bits per heavy atom. The molecule has 0 amide bonds. The molecule has 0 bridgehead atoms. The third-order valence-electron chi connectivity index (χ3n) is 2.55. The van der Waals surface area contributed by atoms with E-state index in [1.807, 2.05) is 42.5 Å². The minimum atomic E-state index is 0.694. The molecule has 0 fully saturated rings. The van der Waals surface area contributed by atoms with Gasteiger partial charge >= 0.3 is 0 Å². The molecule has 0 heterocycles. The summed E-state index contributed by atoms with van der Waals surface area (Å²) in [5, 5.41) is 0.694. The minimum Gasteiger partial charge on any atom is -0.497 e. The van der Waals surface area contributed by atoms with E-state index in [-0.39, 0.29) is 0 Å². The zero-order valence-corrected chi connectivity index (χ0v) is 10.5. The molecule has 17 heavy (non-hydrogen) atoms. The fraction of sp³-hybridized carbons (Fsp3) is 0.143. The standard InChI is InChI=1S/C14H13ClO2/c1-16-11-5-3-4-10(8-11)13-9-12(17-2)6-7-14(13)15/h3-9H,1-2H3.